The number of rotatable bonds is 6. The summed E-state index contributed by atoms with van der Waals surface area (Å²) in [5.41, 5.74) is 5.71. The van der Waals surface area contributed by atoms with Crippen molar-refractivity contribution in [1.29, 1.82) is 0 Å². The molecule has 26 heavy (non-hydrogen) atoms. The highest BCUT2D eigenvalue weighted by Crippen LogP contribution is 2.15. The first-order chi connectivity index (χ1) is 12.4. The molecule has 0 aliphatic rings. The van der Waals surface area contributed by atoms with Crippen molar-refractivity contribution in [2.75, 3.05) is 0 Å². The summed E-state index contributed by atoms with van der Waals surface area (Å²) in [6.07, 6.45) is -0.359. The summed E-state index contributed by atoms with van der Waals surface area (Å²) >= 11 is 0. The largest absolute Gasteiger partial charge is 0.481 e. The second kappa shape index (κ2) is 8.61. The number of carbonyl (C=O) groups excluding carboxylic acids is 2. The number of benzene rings is 2. The molecule has 0 radical (unpaired) electrons. The summed E-state index contributed by atoms with van der Waals surface area (Å²) in [7, 11) is 0. The van der Waals surface area contributed by atoms with Crippen molar-refractivity contribution in [2.45, 2.75) is 26.4 Å². The third-order valence-electron chi connectivity index (χ3n) is 3.60. The Hall–Kier alpha value is -3.42. The average molecular weight is 357 g/mol. The number of hydrogen-bond donors (Lipinski definition) is 2. The van der Waals surface area contributed by atoms with Crippen LogP contribution in [0.1, 0.15) is 29.3 Å². The molecule has 0 saturated heterocycles. The molecule has 0 fully saturated rings. The molecule has 0 unspecified atom stereocenters. The minimum Gasteiger partial charge on any atom is -0.481 e. The molecule has 0 spiro atoms. The molecule has 2 aromatic rings. The second-order valence-corrected chi connectivity index (χ2v) is 5.58. The molecular formula is C18H19N3O5. The van der Waals surface area contributed by atoms with Crippen LogP contribution in [0, 0.1) is 17.0 Å². The van der Waals surface area contributed by atoms with Gasteiger partial charge in [-0.15, -0.1) is 0 Å². The molecule has 0 aromatic heterocycles. The Labute approximate surface area is 150 Å². The van der Waals surface area contributed by atoms with Crippen LogP contribution in [0.2, 0.25) is 0 Å². The highest BCUT2D eigenvalue weighted by Gasteiger charge is 2.19. The van der Waals surface area contributed by atoms with E-state index < -0.39 is 22.8 Å². The summed E-state index contributed by atoms with van der Waals surface area (Å²) < 4.78 is 5.62. The second-order valence-electron chi connectivity index (χ2n) is 5.58. The summed E-state index contributed by atoms with van der Waals surface area (Å²) in [6.45, 7) is 3.73. The highest BCUT2D eigenvalue weighted by atomic mass is 16.6. The third-order valence-corrected chi connectivity index (χ3v) is 3.60. The summed E-state index contributed by atoms with van der Waals surface area (Å²) in [5.74, 6) is -0.527. The average Bonchev–Trinajstić information content (AvgIpc) is 2.65. The lowest BCUT2D eigenvalue weighted by Gasteiger charge is -2.17. The number of hydrazine groups is 1. The van der Waals surface area contributed by atoms with E-state index in [1.54, 1.807) is 19.1 Å². The molecule has 8 heteroatoms. The molecule has 8 nitrogen and oxygen atoms in total. The van der Waals surface area contributed by atoms with Gasteiger partial charge in [-0.1, -0.05) is 24.6 Å². The Morgan fingerprint density at radius 2 is 1.69 bits per heavy atom. The Bertz CT molecular complexity index is 787. The number of aryl methyl sites for hydroxylation is 1. The number of nitro groups is 1. The maximum absolute atomic E-state index is 12.2. The monoisotopic (exact) mass is 357 g/mol. The molecule has 0 bridgehead atoms. The van der Waals surface area contributed by atoms with Gasteiger partial charge >= 0.3 is 0 Å². The summed E-state index contributed by atoms with van der Waals surface area (Å²) in [6, 6.07) is 12.3. The lowest BCUT2D eigenvalue weighted by atomic mass is 10.2. The first-order valence-electron chi connectivity index (χ1n) is 7.98. The number of non-ortho nitro benzene ring substituents is 1. The summed E-state index contributed by atoms with van der Waals surface area (Å²) in [4.78, 5) is 34.2. The van der Waals surface area contributed by atoms with Crippen molar-refractivity contribution in [3.63, 3.8) is 0 Å². The molecular weight excluding hydrogens is 338 g/mol. The third kappa shape index (κ3) is 5.04. The van der Waals surface area contributed by atoms with Crippen LogP contribution in [-0.4, -0.2) is 22.8 Å². The van der Waals surface area contributed by atoms with Gasteiger partial charge in [0.1, 0.15) is 5.75 Å². The molecule has 136 valence electrons. The van der Waals surface area contributed by atoms with Crippen LogP contribution in [0.4, 0.5) is 5.69 Å². The number of nitrogens with one attached hydrogen (secondary N) is 2. The van der Waals surface area contributed by atoms with Crippen molar-refractivity contribution in [1.82, 2.24) is 10.9 Å². The van der Waals surface area contributed by atoms with Crippen LogP contribution in [0.15, 0.2) is 48.5 Å². The number of carbonyl (C=O) groups is 2. The van der Waals surface area contributed by atoms with Crippen LogP contribution in [-0.2, 0) is 4.79 Å². The quantitative estimate of drug-likeness (QED) is 0.610. The van der Waals surface area contributed by atoms with E-state index in [-0.39, 0.29) is 11.3 Å². The zero-order valence-corrected chi connectivity index (χ0v) is 14.4. The minimum absolute atomic E-state index is 0.122. The molecule has 0 aliphatic heterocycles. The van der Waals surface area contributed by atoms with E-state index in [1.807, 2.05) is 19.1 Å². The van der Waals surface area contributed by atoms with Gasteiger partial charge in [0.25, 0.3) is 17.5 Å². The smallest absolute Gasteiger partial charge is 0.279 e. The van der Waals surface area contributed by atoms with Crippen LogP contribution >= 0.6 is 0 Å². The van der Waals surface area contributed by atoms with Crippen LogP contribution < -0.4 is 15.6 Å². The Kier molecular flexibility index (Phi) is 6.26. The molecule has 0 heterocycles. The number of nitro benzene ring substituents is 1. The standard InChI is InChI=1S/C18H19N3O5/c1-3-16(26-15-10-4-12(2)5-11-15)18(23)20-19-17(22)13-6-8-14(9-7-13)21(24)25/h4-11,16H,3H2,1-2H3,(H,19,22)(H,20,23)/t16-/m1/s1. The van der Waals surface area contributed by atoms with Crippen molar-refractivity contribution in [3.05, 3.63) is 69.8 Å². The van der Waals surface area contributed by atoms with Crippen molar-refractivity contribution in [2.24, 2.45) is 0 Å². The van der Waals surface area contributed by atoms with Gasteiger partial charge in [0.05, 0.1) is 4.92 Å². The zero-order valence-electron chi connectivity index (χ0n) is 14.4. The van der Waals surface area contributed by atoms with Gasteiger partial charge in [0.15, 0.2) is 6.10 Å². The van der Waals surface area contributed by atoms with Crippen LogP contribution in [0.3, 0.4) is 0 Å². The molecule has 0 aliphatic carbocycles. The molecule has 2 amide bonds. The predicted octanol–water partition coefficient (Wildman–Crippen LogP) is 2.52. The summed E-state index contributed by atoms with van der Waals surface area (Å²) in [5, 5.41) is 10.6. The molecule has 1 atom stereocenters. The number of ether oxygens (including phenoxy) is 1. The topological polar surface area (TPSA) is 111 Å². The van der Waals surface area contributed by atoms with Crippen LogP contribution in [0.25, 0.3) is 0 Å². The fraction of sp³-hybridized carbons (Fsp3) is 0.222. The van der Waals surface area contributed by atoms with E-state index in [4.69, 9.17) is 4.74 Å². The van der Waals surface area contributed by atoms with Crippen molar-refractivity contribution < 1.29 is 19.2 Å². The van der Waals surface area contributed by atoms with Gasteiger partial charge in [-0.05, 0) is 37.6 Å². The van der Waals surface area contributed by atoms with E-state index in [0.29, 0.717) is 12.2 Å². The molecule has 2 aromatic carbocycles. The van der Waals surface area contributed by atoms with Gasteiger partial charge in [-0.25, -0.2) is 0 Å². The number of hydrogen-bond acceptors (Lipinski definition) is 5. The minimum atomic E-state index is -0.769. The van der Waals surface area contributed by atoms with E-state index >= 15 is 0 Å². The maximum Gasteiger partial charge on any atom is 0.279 e. The lowest BCUT2D eigenvalue weighted by molar-refractivity contribution is -0.384. The van der Waals surface area contributed by atoms with Gasteiger partial charge in [0.2, 0.25) is 0 Å². The SMILES string of the molecule is CC[C@@H](Oc1ccc(C)cc1)C(=O)NNC(=O)c1ccc([N+](=O)[O-])cc1. The Morgan fingerprint density at radius 1 is 1.08 bits per heavy atom. The fourth-order valence-electron chi connectivity index (χ4n) is 2.11. The molecule has 0 saturated carbocycles. The number of amides is 2. The fourth-order valence-corrected chi connectivity index (χ4v) is 2.11. The van der Waals surface area contributed by atoms with E-state index in [2.05, 4.69) is 10.9 Å². The molecule has 2 N–H and O–H groups in total. The number of nitrogens with zero attached hydrogens (tertiary/aromatic N) is 1. The van der Waals surface area contributed by atoms with Gasteiger partial charge < -0.3 is 4.74 Å². The first-order valence-corrected chi connectivity index (χ1v) is 7.98. The van der Waals surface area contributed by atoms with Crippen LogP contribution in [0.5, 0.6) is 5.75 Å². The van der Waals surface area contributed by atoms with Crippen molar-refractivity contribution >= 4 is 17.5 Å². The normalized spacial score (nSPS) is 11.3. The lowest BCUT2D eigenvalue weighted by Crippen LogP contribution is -2.47. The predicted molar refractivity (Wildman–Crippen MR) is 94.6 cm³/mol. The highest BCUT2D eigenvalue weighted by molar-refractivity contribution is 5.95. The van der Waals surface area contributed by atoms with Crippen molar-refractivity contribution in [3.8, 4) is 5.75 Å². The Morgan fingerprint density at radius 3 is 2.23 bits per heavy atom. The zero-order chi connectivity index (χ0) is 19.1. The maximum atomic E-state index is 12.2. The first kappa shape index (κ1) is 18.9. The van der Waals surface area contributed by atoms with Gasteiger partial charge in [-0.2, -0.15) is 0 Å². The van der Waals surface area contributed by atoms with E-state index in [1.165, 1.54) is 24.3 Å². The van der Waals surface area contributed by atoms with E-state index in [9.17, 15) is 19.7 Å². The van der Waals surface area contributed by atoms with Gasteiger partial charge in [0, 0.05) is 17.7 Å². The van der Waals surface area contributed by atoms with Gasteiger partial charge in [-0.3, -0.25) is 30.6 Å². The Balaban J connectivity index is 1.91. The molecule has 2 rings (SSSR count). The van der Waals surface area contributed by atoms with E-state index in [0.717, 1.165) is 5.56 Å².